The van der Waals surface area contributed by atoms with E-state index in [1.807, 2.05) is 0 Å². The van der Waals surface area contributed by atoms with E-state index in [4.69, 9.17) is 10.3 Å². The first-order valence-electron chi connectivity index (χ1n) is 5.62. The third-order valence-corrected chi connectivity index (χ3v) is 3.94. The SMILES string of the molecule is Cc1noc(CNS(=O)(=O)c2cc([N+](=O)[O-])ccc2N)n1. The van der Waals surface area contributed by atoms with Crippen LogP contribution < -0.4 is 10.5 Å². The van der Waals surface area contributed by atoms with Crippen molar-refractivity contribution < 1.29 is 17.9 Å². The second-order valence-electron chi connectivity index (χ2n) is 4.04. The number of anilines is 1. The van der Waals surface area contributed by atoms with Crippen molar-refractivity contribution in [2.75, 3.05) is 5.73 Å². The fraction of sp³-hybridized carbons (Fsp3) is 0.200. The second-order valence-corrected chi connectivity index (χ2v) is 5.77. The Labute approximate surface area is 119 Å². The van der Waals surface area contributed by atoms with Crippen molar-refractivity contribution in [2.45, 2.75) is 18.4 Å². The molecule has 2 aromatic rings. The molecule has 10 nitrogen and oxygen atoms in total. The number of sulfonamides is 1. The maximum Gasteiger partial charge on any atom is 0.270 e. The smallest absolute Gasteiger partial charge is 0.270 e. The van der Waals surface area contributed by atoms with Crippen LogP contribution in [0.4, 0.5) is 11.4 Å². The predicted molar refractivity (Wildman–Crippen MR) is 70.6 cm³/mol. The number of nitrogens with zero attached hydrogens (tertiary/aromatic N) is 3. The first-order valence-corrected chi connectivity index (χ1v) is 7.10. The Balaban J connectivity index is 2.26. The van der Waals surface area contributed by atoms with Crippen LogP contribution in [0.3, 0.4) is 0 Å². The van der Waals surface area contributed by atoms with Crippen molar-refractivity contribution in [3.05, 3.63) is 40.0 Å². The molecule has 1 aromatic heterocycles. The minimum absolute atomic E-state index is 0.0695. The second kappa shape index (κ2) is 5.46. The third kappa shape index (κ3) is 3.32. The van der Waals surface area contributed by atoms with Gasteiger partial charge in [0.05, 0.1) is 17.2 Å². The van der Waals surface area contributed by atoms with Gasteiger partial charge in [-0.3, -0.25) is 10.1 Å². The van der Waals surface area contributed by atoms with Crippen LogP contribution in [-0.2, 0) is 16.6 Å². The van der Waals surface area contributed by atoms with Crippen molar-refractivity contribution >= 4 is 21.4 Å². The predicted octanol–water partition coefficient (Wildman–Crippen LogP) is 0.347. The van der Waals surface area contributed by atoms with Crippen molar-refractivity contribution in [1.82, 2.24) is 14.9 Å². The van der Waals surface area contributed by atoms with Crippen LogP contribution >= 0.6 is 0 Å². The van der Waals surface area contributed by atoms with Gasteiger partial charge < -0.3 is 10.3 Å². The molecule has 0 atom stereocenters. The van der Waals surface area contributed by atoms with Crippen LogP contribution in [0.5, 0.6) is 0 Å². The van der Waals surface area contributed by atoms with E-state index in [9.17, 15) is 18.5 Å². The molecule has 0 aliphatic heterocycles. The molecule has 0 bridgehead atoms. The van der Waals surface area contributed by atoms with E-state index < -0.39 is 14.9 Å². The maximum absolute atomic E-state index is 12.1. The average Bonchev–Trinajstić information content (AvgIpc) is 2.82. The normalized spacial score (nSPS) is 11.5. The van der Waals surface area contributed by atoms with Gasteiger partial charge in [0, 0.05) is 12.1 Å². The first-order chi connectivity index (χ1) is 9.79. The molecule has 0 saturated carbocycles. The zero-order valence-electron chi connectivity index (χ0n) is 10.8. The number of nitrogens with two attached hydrogens (primary N) is 1. The molecule has 3 N–H and O–H groups in total. The molecule has 21 heavy (non-hydrogen) atoms. The molecule has 112 valence electrons. The summed E-state index contributed by atoms with van der Waals surface area (Å²) in [5.41, 5.74) is 5.08. The lowest BCUT2D eigenvalue weighted by Crippen LogP contribution is -2.24. The number of nitrogen functional groups attached to an aromatic ring is 1. The molecule has 11 heteroatoms. The summed E-state index contributed by atoms with van der Waals surface area (Å²) >= 11 is 0. The molecule has 0 saturated heterocycles. The summed E-state index contributed by atoms with van der Waals surface area (Å²) in [4.78, 5) is 13.4. The van der Waals surface area contributed by atoms with Gasteiger partial charge in [0.1, 0.15) is 4.90 Å². The molecular weight excluding hydrogens is 302 g/mol. The van der Waals surface area contributed by atoms with Crippen molar-refractivity contribution in [3.8, 4) is 0 Å². The fourth-order valence-electron chi connectivity index (χ4n) is 1.52. The molecule has 1 heterocycles. The van der Waals surface area contributed by atoms with Gasteiger partial charge in [-0.05, 0) is 13.0 Å². The summed E-state index contributed by atoms with van der Waals surface area (Å²) in [5, 5.41) is 14.2. The monoisotopic (exact) mass is 313 g/mol. The summed E-state index contributed by atoms with van der Waals surface area (Å²) in [6.07, 6.45) is 0. The van der Waals surface area contributed by atoms with E-state index >= 15 is 0 Å². The van der Waals surface area contributed by atoms with Gasteiger partial charge in [-0.1, -0.05) is 5.16 Å². The minimum Gasteiger partial charge on any atom is -0.398 e. The lowest BCUT2D eigenvalue weighted by atomic mass is 10.3. The Bertz CT molecular complexity index is 785. The summed E-state index contributed by atoms with van der Waals surface area (Å²) in [6, 6.07) is 3.16. The lowest BCUT2D eigenvalue weighted by Gasteiger charge is -2.07. The maximum atomic E-state index is 12.1. The number of benzene rings is 1. The van der Waals surface area contributed by atoms with Gasteiger partial charge in [0.15, 0.2) is 5.82 Å². The average molecular weight is 313 g/mol. The Hall–Kier alpha value is -2.53. The molecule has 0 unspecified atom stereocenters. The molecular formula is C10H11N5O5S. The van der Waals surface area contributed by atoms with E-state index in [2.05, 4.69) is 14.9 Å². The fourth-order valence-corrected chi connectivity index (χ4v) is 2.64. The standard InChI is InChI=1S/C10H11N5O5S/c1-6-13-10(20-14-6)5-12-21(18,19)9-4-7(15(16)17)2-3-8(9)11/h2-4,12H,5,11H2,1H3. The van der Waals surface area contributed by atoms with Crippen LogP contribution in [0, 0.1) is 17.0 Å². The van der Waals surface area contributed by atoms with Gasteiger partial charge in [-0.25, -0.2) is 13.1 Å². The molecule has 1 aromatic carbocycles. The van der Waals surface area contributed by atoms with Crippen LogP contribution in [0.15, 0.2) is 27.6 Å². The summed E-state index contributed by atoms with van der Waals surface area (Å²) < 4.78 is 31.2. The molecule has 0 amide bonds. The molecule has 0 aliphatic rings. The highest BCUT2D eigenvalue weighted by Crippen LogP contribution is 2.23. The third-order valence-electron chi connectivity index (χ3n) is 2.48. The Morgan fingerprint density at radius 1 is 1.48 bits per heavy atom. The van der Waals surface area contributed by atoms with E-state index in [1.54, 1.807) is 6.92 Å². The summed E-state index contributed by atoms with van der Waals surface area (Å²) in [5.74, 6) is 0.430. The molecule has 0 spiro atoms. The number of aromatic nitrogens is 2. The highest BCUT2D eigenvalue weighted by molar-refractivity contribution is 7.89. The van der Waals surface area contributed by atoms with Gasteiger partial charge >= 0.3 is 0 Å². The quantitative estimate of drug-likeness (QED) is 0.455. The van der Waals surface area contributed by atoms with Gasteiger partial charge in [-0.15, -0.1) is 0 Å². The lowest BCUT2D eigenvalue weighted by molar-refractivity contribution is -0.385. The highest BCUT2D eigenvalue weighted by Gasteiger charge is 2.21. The van der Waals surface area contributed by atoms with Crippen LogP contribution in [0.25, 0.3) is 0 Å². The summed E-state index contributed by atoms with van der Waals surface area (Å²) in [7, 11) is -4.04. The van der Waals surface area contributed by atoms with Gasteiger partial charge in [-0.2, -0.15) is 4.98 Å². The zero-order valence-corrected chi connectivity index (χ0v) is 11.6. The number of nitro groups is 1. The van der Waals surface area contributed by atoms with Gasteiger partial charge in [0.2, 0.25) is 15.9 Å². The number of hydrogen-bond donors (Lipinski definition) is 2. The van der Waals surface area contributed by atoms with Crippen molar-refractivity contribution in [1.29, 1.82) is 0 Å². The molecule has 0 fully saturated rings. The molecule has 0 radical (unpaired) electrons. The van der Waals surface area contributed by atoms with Gasteiger partial charge in [0.25, 0.3) is 5.69 Å². The van der Waals surface area contributed by atoms with Crippen LogP contribution in [0.1, 0.15) is 11.7 Å². The minimum atomic E-state index is -4.04. The number of rotatable bonds is 5. The largest absolute Gasteiger partial charge is 0.398 e. The van der Waals surface area contributed by atoms with Crippen LogP contribution in [-0.4, -0.2) is 23.5 Å². The Kier molecular flexibility index (Phi) is 3.86. The molecule has 0 aliphatic carbocycles. The van der Waals surface area contributed by atoms with E-state index in [1.165, 1.54) is 0 Å². The molecule has 2 rings (SSSR count). The first kappa shape index (κ1) is 14.9. The van der Waals surface area contributed by atoms with E-state index in [0.717, 1.165) is 18.2 Å². The number of nitro benzene ring substituents is 1. The Morgan fingerprint density at radius 2 is 2.19 bits per heavy atom. The summed E-state index contributed by atoms with van der Waals surface area (Å²) in [6.45, 7) is 1.34. The topological polar surface area (TPSA) is 154 Å². The van der Waals surface area contributed by atoms with Crippen molar-refractivity contribution in [3.63, 3.8) is 0 Å². The van der Waals surface area contributed by atoms with Crippen LogP contribution in [0.2, 0.25) is 0 Å². The number of non-ortho nitro benzene ring substituents is 1. The van der Waals surface area contributed by atoms with E-state index in [0.29, 0.717) is 5.82 Å². The Morgan fingerprint density at radius 3 is 2.76 bits per heavy atom. The van der Waals surface area contributed by atoms with E-state index in [-0.39, 0.29) is 28.7 Å². The highest BCUT2D eigenvalue weighted by atomic mass is 32.2. The number of aryl methyl sites for hydroxylation is 1. The zero-order chi connectivity index (χ0) is 15.6. The number of hydrogen-bond acceptors (Lipinski definition) is 8. The van der Waals surface area contributed by atoms with Crippen molar-refractivity contribution in [2.24, 2.45) is 0 Å². The number of nitrogens with one attached hydrogen (secondary N) is 1.